The summed E-state index contributed by atoms with van der Waals surface area (Å²) in [6, 6.07) is 3.19. The monoisotopic (exact) mass is 440 g/mol. The molecular formula is C21H29FN2O5S. The van der Waals surface area contributed by atoms with Crippen LogP contribution in [0.25, 0.3) is 0 Å². The molecule has 1 saturated carbocycles. The van der Waals surface area contributed by atoms with Crippen molar-refractivity contribution < 1.29 is 27.1 Å². The Balaban J connectivity index is 1.68. The molecule has 7 nitrogen and oxygen atoms in total. The molecule has 1 heterocycles. The quantitative estimate of drug-likeness (QED) is 0.687. The van der Waals surface area contributed by atoms with Crippen molar-refractivity contribution in [1.82, 2.24) is 9.62 Å². The number of sulfonamides is 1. The van der Waals surface area contributed by atoms with E-state index in [1.54, 1.807) is 0 Å². The SMILES string of the molecule is C[C@@H](OC(=O)c1ccc(F)c(S(=O)(=O)N2CCCCC2)c1)C(=O)NC1CCCCC1. The van der Waals surface area contributed by atoms with Crippen LogP contribution in [0.3, 0.4) is 0 Å². The maximum Gasteiger partial charge on any atom is 0.338 e. The molecule has 1 N–H and O–H groups in total. The smallest absolute Gasteiger partial charge is 0.338 e. The lowest BCUT2D eigenvalue weighted by Gasteiger charge is -2.26. The molecular weight excluding hydrogens is 411 g/mol. The largest absolute Gasteiger partial charge is 0.449 e. The van der Waals surface area contributed by atoms with Crippen LogP contribution in [0.1, 0.15) is 68.6 Å². The molecule has 1 saturated heterocycles. The summed E-state index contributed by atoms with van der Waals surface area (Å²) in [4.78, 5) is 24.3. The number of hydrogen-bond acceptors (Lipinski definition) is 5. The van der Waals surface area contributed by atoms with Gasteiger partial charge >= 0.3 is 5.97 Å². The topological polar surface area (TPSA) is 92.8 Å². The van der Waals surface area contributed by atoms with Crippen LogP contribution in [0.4, 0.5) is 4.39 Å². The Hall–Kier alpha value is -2.00. The molecule has 1 amide bonds. The number of carbonyl (C=O) groups is 2. The minimum atomic E-state index is -4.04. The number of nitrogens with zero attached hydrogens (tertiary/aromatic N) is 1. The highest BCUT2D eigenvalue weighted by atomic mass is 32.2. The van der Waals surface area contributed by atoms with Crippen LogP contribution in [-0.2, 0) is 19.6 Å². The van der Waals surface area contributed by atoms with Gasteiger partial charge in [0.1, 0.15) is 10.7 Å². The van der Waals surface area contributed by atoms with Gasteiger partial charge in [-0.1, -0.05) is 25.7 Å². The van der Waals surface area contributed by atoms with E-state index in [1.807, 2.05) is 0 Å². The minimum Gasteiger partial charge on any atom is -0.449 e. The third kappa shape index (κ3) is 5.37. The fraction of sp³-hybridized carbons (Fsp3) is 0.619. The van der Waals surface area contributed by atoms with Crippen LogP contribution in [0, 0.1) is 5.82 Å². The Bertz CT molecular complexity index is 877. The molecule has 0 bridgehead atoms. The highest BCUT2D eigenvalue weighted by Gasteiger charge is 2.30. The first-order valence-corrected chi connectivity index (χ1v) is 12.0. The van der Waals surface area contributed by atoms with E-state index in [0.29, 0.717) is 13.1 Å². The molecule has 0 aromatic heterocycles. The highest BCUT2D eigenvalue weighted by molar-refractivity contribution is 7.89. The van der Waals surface area contributed by atoms with Crippen molar-refractivity contribution in [3.63, 3.8) is 0 Å². The zero-order valence-corrected chi connectivity index (χ0v) is 18.0. The highest BCUT2D eigenvalue weighted by Crippen LogP contribution is 2.24. The number of hydrogen-bond donors (Lipinski definition) is 1. The van der Waals surface area contributed by atoms with E-state index in [1.165, 1.54) is 17.3 Å². The number of ether oxygens (including phenoxy) is 1. The summed E-state index contributed by atoms with van der Waals surface area (Å²) in [5.41, 5.74) is -0.107. The van der Waals surface area contributed by atoms with E-state index >= 15 is 0 Å². The first kappa shape index (κ1) is 22.7. The molecule has 0 radical (unpaired) electrons. The number of piperidine rings is 1. The molecule has 1 aliphatic heterocycles. The van der Waals surface area contributed by atoms with E-state index in [4.69, 9.17) is 4.74 Å². The summed E-state index contributed by atoms with van der Waals surface area (Å²) in [7, 11) is -4.04. The van der Waals surface area contributed by atoms with Gasteiger partial charge in [-0.25, -0.2) is 17.6 Å². The lowest BCUT2D eigenvalue weighted by atomic mass is 9.95. The van der Waals surface area contributed by atoms with E-state index in [9.17, 15) is 22.4 Å². The molecule has 0 unspecified atom stereocenters. The number of halogens is 1. The number of carbonyl (C=O) groups excluding carboxylic acids is 2. The van der Waals surface area contributed by atoms with Crippen molar-refractivity contribution >= 4 is 21.9 Å². The molecule has 30 heavy (non-hydrogen) atoms. The first-order valence-electron chi connectivity index (χ1n) is 10.6. The standard InChI is InChI=1S/C21H29FN2O5S/c1-15(20(25)23-17-8-4-2-5-9-17)29-21(26)16-10-11-18(22)19(14-16)30(27,28)24-12-6-3-7-13-24/h10-11,14-15,17H,2-9,12-13H2,1H3,(H,23,25)/t15-/m1/s1. The summed E-state index contributed by atoms with van der Waals surface area (Å²) in [5, 5.41) is 2.88. The third-order valence-electron chi connectivity index (χ3n) is 5.70. The van der Waals surface area contributed by atoms with Gasteiger partial charge in [-0.3, -0.25) is 4.79 Å². The van der Waals surface area contributed by atoms with Gasteiger partial charge in [0.25, 0.3) is 5.91 Å². The maximum absolute atomic E-state index is 14.3. The molecule has 1 atom stereocenters. The van der Waals surface area contributed by atoms with Gasteiger partial charge in [0.05, 0.1) is 5.56 Å². The Kier molecular flexibility index (Phi) is 7.46. The van der Waals surface area contributed by atoms with Gasteiger partial charge in [-0.05, 0) is 50.8 Å². The normalized spacial score (nSPS) is 19.8. The second-order valence-corrected chi connectivity index (χ2v) is 9.91. The van der Waals surface area contributed by atoms with Gasteiger partial charge in [0, 0.05) is 19.1 Å². The summed E-state index contributed by atoms with van der Waals surface area (Å²) < 4.78 is 46.4. The summed E-state index contributed by atoms with van der Waals surface area (Å²) in [5.74, 6) is -2.17. The van der Waals surface area contributed by atoms with Crippen LogP contribution >= 0.6 is 0 Å². The maximum atomic E-state index is 14.3. The number of nitrogens with one attached hydrogen (secondary N) is 1. The Morgan fingerprint density at radius 3 is 2.40 bits per heavy atom. The minimum absolute atomic E-state index is 0.0829. The number of esters is 1. The molecule has 0 spiro atoms. The Labute approximate surface area is 177 Å². The van der Waals surface area contributed by atoms with Gasteiger partial charge in [0.15, 0.2) is 6.10 Å². The molecule has 2 aliphatic rings. The fourth-order valence-electron chi connectivity index (χ4n) is 3.92. The predicted octanol–water partition coefficient (Wildman–Crippen LogP) is 2.99. The van der Waals surface area contributed by atoms with Gasteiger partial charge < -0.3 is 10.1 Å². The fourth-order valence-corrected chi connectivity index (χ4v) is 5.53. The van der Waals surface area contributed by atoms with E-state index in [-0.39, 0.29) is 11.6 Å². The molecule has 1 aliphatic carbocycles. The third-order valence-corrected chi connectivity index (χ3v) is 7.62. The van der Waals surface area contributed by atoms with Crippen LogP contribution in [-0.4, -0.2) is 49.8 Å². The van der Waals surface area contributed by atoms with Crippen molar-refractivity contribution in [2.75, 3.05) is 13.1 Å². The van der Waals surface area contributed by atoms with Crippen LogP contribution < -0.4 is 5.32 Å². The van der Waals surface area contributed by atoms with E-state index < -0.39 is 38.7 Å². The Morgan fingerprint density at radius 2 is 1.73 bits per heavy atom. The Morgan fingerprint density at radius 1 is 1.10 bits per heavy atom. The second kappa shape index (κ2) is 9.87. The van der Waals surface area contributed by atoms with Crippen molar-refractivity contribution in [3.05, 3.63) is 29.6 Å². The van der Waals surface area contributed by atoms with Crippen molar-refractivity contribution in [3.8, 4) is 0 Å². The number of rotatable bonds is 6. The van der Waals surface area contributed by atoms with Crippen molar-refractivity contribution in [1.29, 1.82) is 0 Å². The van der Waals surface area contributed by atoms with Crippen LogP contribution in [0.15, 0.2) is 23.1 Å². The van der Waals surface area contributed by atoms with Crippen molar-refractivity contribution in [2.45, 2.75) is 75.3 Å². The van der Waals surface area contributed by atoms with E-state index in [0.717, 1.165) is 63.5 Å². The lowest BCUT2D eigenvalue weighted by Crippen LogP contribution is -2.42. The van der Waals surface area contributed by atoms with Gasteiger partial charge in [-0.2, -0.15) is 4.31 Å². The number of amides is 1. The zero-order chi connectivity index (χ0) is 21.7. The van der Waals surface area contributed by atoms with Gasteiger partial charge in [0.2, 0.25) is 10.0 Å². The zero-order valence-electron chi connectivity index (χ0n) is 17.2. The average Bonchev–Trinajstić information content (AvgIpc) is 2.75. The molecule has 2 fully saturated rings. The lowest BCUT2D eigenvalue weighted by molar-refractivity contribution is -0.130. The second-order valence-electron chi connectivity index (χ2n) is 8.00. The first-order chi connectivity index (χ1) is 14.3. The molecule has 3 rings (SSSR count). The molecule has 9 heteroatoms. The van der Waals surface area contributed by atoms with E-state index in [2.05, 4.69) is 5.32 Å². The van der Waals surface area contributed by atoms with Gasteiger partial charge in [-0.15, -0.1) is 0 Å². The molecule has 166 valence electrons. The predicted molar refractivity (Wildman–Crippen MR) is 109 cm³/mol. The average molecular weight is 441 g/mol. The summed E-state index contributed by atoms with van der Waals surface area (Å²) >= 11 is 0. The molecule has 1 aromatic carbocycles. The summed E-state index contributed by atoms with van der Waals surface area (Å²) in [6.45, 7) is 2.12. The van der Waals surface area contributed by atoms with Crippen LogP contribution in [0.5, 0.6) is 0 Å². The molecule has 1 aromatic rings. The number of benzene rings is 1. The van der Waals surface area contributed by atoms with Crippen molar-refractivity contribution in [2.24, 2.45) is 0 Å². The van der Waals surface area contributed by atoms with Crippen LogP contribution in [0.2, 0.25) is 0 Å². The summed E-state index contributed by atoms with van der Waals surface area (Å²) in [6.07, 6.45) is 6.42.